The van der Waals surface area contributed by atoms with Crippen molar-refractivity contribution in [3.8, 4) is 11.3 Å². The van der Waals surface area contributed by atoms with Crippen molar-refractivity contribution >= 4 is 21.6 Å². The average molecular weight is 267 g/mol. The quantitative estimate of drug-likeness (QED) is 0.862. The zero-order valence-electron chi connectivity index (χ0n) is 8.54. The summed E-state index contributed by atoms with van der Waals surface area (Å²) in [6.45, 7) is 4.07. The normalized spacial score (nSPS) is 10.6. The molecule has 0 unspecified atom stereocenters. The summed E-state index contributed by atoms with van der Waals surface area (Å²) in [5.41, 5.74) is 9.58. The van der Waals surface area contributed by atoms with Gasteiger partial charge in [0.25, 0.3) is 0 Å². The molecule has 0 radical (unpaired) electrons. The predicted octanol–water partition coefficient (Wildman–Crippen LogP) is 3.30. The standard InChI is InChI=1S/C11H11BrN2O/c1-6-3-8(4-7(2)10(6)12)11-9(13)5-14-15-11/h3-5H,13H2,1-2H3. The van der Waals surface area contributed by atoms with E-state index in [1.165, 1.54) is 6.20 Å². The van der Waals surface area contributed by atoms with Gasteiger partial charge in [0.2, 0.25) is 0 Å². The number of aromatic nitrogens is 1. The highest BCUT2D eigenvalue weighted by Crippen LogP contribution is 2.31. The molecule has 1 aromatic heterocycles. The number of hydrogen-bond acceptors (Lipinski definition) is 3. The fraction of sp³-hybridized carbons (Fsp3) is 0.182. The predicted molar refractivity (Wildman–Crippen MR) is 63.5 cm³/mol. The highest BCUT2D eigenvalue weighted by atomic mass is 79.9. The lowest BCUT2D eigenvalue weighted by molar-refractivity contribution is 0.432. The van der Waals surface area contributed by atoms with Gasteiger partial charge >= 0.3 is 0 Å². The van der Waals surface area contributed by atoms with Crippen molar-refractivity contribution in [1.82, 2.24) is 5.16 Å². The van der Waals surface area contributed by atoms with Gasteiger partial charge in [-0.15, -0.1) is 0 Å². The summed E-state index contributed by atoms with van der Waals surface area (Å²) >= 11 is 3.52. The van der Waals surface area contributed by atoms with Gasteiger partial charge in [0.15, 0.2) is 5.76 Å². The molecule has 0 bridgehead atoms. The Morgan fingerprint density at radius 1 is 1.27 bits per heavy atom. The Bertz CT molecular complexity index is 482. The van der Waals surface area contributed by atoms with Crippen molar-refractivity contribution in [2.45, 2.75) is 13.8 Å². The first kappa shape index (κ1) is 10.2. The molecule has 0 aliphatic carbocycles. The number of benzene rings is 1. The molecule has 0 saturated carbocycles. The van der Waals surface area contributed by atoms with Crippen LogP contribution in [-0.4, -0.2) is 5.16 Å². The van der Waals surface area contributed by atoms with Crippen LogP contribution in [0.15, 0.2) is 27.3 Å². The number of anilines is 1. The maximum absolute atomic E-state index is 5.74. The van der Waals surface area contributed by atoms with Gasteiger partial charge in [0.05, 0.1) is 6.20 Å². The Labute approximate surface area is 96.4 Å². The number of aryl methyl sites for hydroxylation is 2. The van der Waals surface area contributed by atoms with E-state index in [1.807, 2.05) is 26.0 Å². The minimum atomic E-state index is 0.566. The van der Waals surface area contributed by atoms with Crippen molar-refractivity contribution in [3.05, 3.63) is 33.9 Å². The van der Waals surface area contributed by atoms with Gasteiger partial charge in [-0.2, -0.15) is 0 Å². The van der Waals surface area contributed by atoms with Crippen LogP contribution in [0.4, 0.5) is 5.69 Å². The molecule has 4 heteroatoms. The third kappa shape index (κ3) is 1.77. The number of hydrogen-bond donors (Lipinski definition) is 1. The number of nitrogen functional groups attached to an aromatic ring is 1. The summed E-state index contributed by atoms with van der Waals surface area (Å²) in [6.07, 6.45) is 1.52. The molecule has 2 aromatic rings. The molecule has 0 saturated heterocycles. The summed E-state index contributed by atoms with van der Waals surface area (Å²) in [5.74, 6) is 0.633. The first-order chi connectivity index (χ1) is 7.09. The van der Waals surface area contributed by atoms with Crippen LogP contribution in [-0.2, 0) is 0 Å². The summed E-state index contributed by atoms with van der Waals surface area (Å²) in [6, 6.07) is 4.04. The Morgan fingerprint density at radius 2 is 1.87 bits per heavy atom. The summed E-state index contributed by atoms with van der Waals surface area (Å²) in [7, 11) is 0. The van der Waals surface area contributed by atoms with Gasteiger partial charge in [-0.1, -0.05) is 21.1 Å². The van der Waals surface area contributed by atoms with E-state index in [4.69, 9.17) is 10.3 Å². The van der Waals surface area contributed by atoms with Crippen LogP contribution < -0.4 is 5.73 Å². The first-order valence-electron chi connectivity index (χ1n) is 4.57. The van der Waals surface area contributed by atoms with Crippen LogP contribution in [0.3, 0.4) is 0 Å². The molecule has 3 nitrogen and oxygen atoms in total. The fourth-order valence-electron chi connectivity index (χ4n) is 1.54. The molecule has 2 rings (SSSR count). The largest absolute Gasteiger partial charge is 0.394 e. The van der Waals surface area contributed by atoms with E-state index >= 15 is 0 Å². The van der Waals surface area contributed by atoms with E-state index in [1.54, 1.807) is 0 Å². The molecule has 0 fully saturated rings. The molecule has 78 valence electrons. The summed E-state index contributed by atoms with van der Waals surface area (Å²) < 4.78 is 6.23. The highest BCUT2D eigenvalue weighted by Gasteiger charge is 2.10. The molecule has 0 atom stereocenters. The topological polar surface area (TPSA) is 52.0 Å². The minimum absolute atomic E-state index is 0.566. The molecule has 1 aromatic carbocycles. The Balaban J connectivity index is 2.60. The second-order valence-electron chi connectivity index (χ2n) is 3.53. The number of nitrogens with two attached hydrogens (primary N) is 1. The molecule has 2 N–H and O–H groups in total. The van der Waals surface area contributed by atoms with E-state index < -0.39 is 0 Å². The van der Waals surface area contributed by atoms with Gasteiger partial charge in [0.1, 0.15) is 5.69 Å². The SMILES string of the molecule is Cc1cc(-c2oncc2N)cc(C)c1Br. The zero-order valence-corrected chi connectivity index (χ0v) is 10.1. The summed E-state index contributed by atoms with van der Waals surface area (Å²) in [4.78, 5) is 0. The molecule has 0 spiro atoms. The van der Waals surface area contributed by atoms with Crippen LogP contribution in [0, 0.1) is 13.8 Å². The van der Waals surface area contributed by atoms with Gasteiger partial charge < -0.3 is 10.3 Å². The Morgan fingerprint density at radius 3 is 2.33 bits per heavy atom. The third-order valence-electron chi connectivity index (χ3n) is 2.30. The van der Waals surface area contributed by atoms with Crippen LogP contribution in [0.25, 0.3) is 11.3 Å². The van der Waals surface area contributed by atoms with Crippen LogP contribution in [0.1, 0.15) is 11.1 Å². The second-order valence-corrected chi connectivity index (χ2v) is 4.33. The van der Waals surface area contributed by atoms with Gasteiger partial charge in [-0.25, -0.2) is 0 Å². The lowest BCUT2D eigenvalue weighted by Gasteiger charge is -2.05. The van der Waals surface area contributed by atoms with E-state index in [2.05, 4.69) is 21.1 Å². The molecule has 1 heterocycles. The number of rotatable bonds is 1. The minimum Gasteiger partial charge on any atom is -0.394 e. The highest BCUT2D eigenvalue weighted by molar-refractivity contribution is 9.10. The van der Waals surface area contributed by atoms with E-state index in [0.717, 1.165) is 21.2 Å². The van der Waals surface area contributed by atoms with E-state index in [9.17, 15) is 0 Å². The van der Waals surface area contributed by atoms with Crippen LogP contribution in [0.2, 0.25) is 0 Å². The number of halogens is 1. The Kier molecular flexibility index (Phi) is 2.52. The van der Waals surface area contributed by atoms with Crippen molar-refractivity contribution in [2.24, 2.45) is 0 Å². The molecular formula is C11H11BrN2O. The maximum Gasteiger partial charge on any atom is 0.189 e. The van der Waals surface area contributed by atoms with Crippen molar-refractivity contribution in [3.63, 3.8) is 0 Å². The van der Waals surface area contributed by atoms with Gasteiger partial charge in [-0.3, -0.25) is 0 Å². The lowest BCUT2D eigenvalue weighted by Crippen LogP contribution is -1.88. The molecule has 0 amide bonds. The van der Waals surface area contributed by atoms with E-state index in [-0.39, 0.29) is 0 Å². The molecule has 0 aliphatic rings. The molecule has 15 heavy (non-hydrogen) atoms. The Hall–Kier alpha value is -1.29. The van der Waals surface area contributed by atoms with Crippen molar-refractivity contribution < 1.29 is 4.52 Å². The first-order valence-corrected chi connectivity index (χ1v) is 5.36. The molecule has 0 aliphatic heterocycles. The monoisotopic (exact) mass is 266 g/mol. The molecular weight excluding hydrogens is 256 g/mol. The zero-order chi connectivity index (χ0) is 11.0. The summed E-state index contributed by atoms with van der Waals surface area (Å²) in [5, 5.41) is 3.67. The van der Waals surface area contributed by atoms with Gasteiger partial charge in [0, 0.05) is 10.0 Å². The van der Waals surface area contributed by atoms with Crippen LogP contribution >= 0.6 is 15.9 Å². The maximum atomic E-state index is 5.74. The number of nitrogens with zero attached hydrogens (tertiary/aromatic N) is 1. The van der Waals surface area contributed by atoms with Crippen molar-refractivity contribution in [2.75, 3.05) is 5.73 Å². The van der Waals surface area contributed by atoms with Crippen LogP contribution in [0.5, 0.6) is 0 Å². The van der Waals surface area contributed by atoms with Crippen molar-refractivity contribution in [1.29, 1.82) is 0 Å². The van der Waals surface area contributed by atoms with E-state index in [0.29, 0.717) is 11.4 Å². The smallest absolute Gasteiger partial charge is 0.189 e. The fourth-order valence-corrected chi connectivity index (χ4v) is 1.77. The third-order valence-corrected chi connectivity index (χ3v) is 3.55. The average Bonchev–Trinajstić information content (AvgIpc) is 2.60. The second kappa shape index (κ2) is 3.70. The lowest BCUT2D eigenvalue weighted by atomic mass is 10.1. The van der Waals surface area contributed by atoms with Gasteiger partial charge in [-0.05, 0) is 37.1 Å².